The molecule has 0 saturated carbocycles. The number of pyridine rings is 1. The van der Waals surface area contributed by atoms with E-state index in [1.807, 2.05) is 18.2 Å². The molecule has 0 aliphatic rings. The van der Waals surface area contributed by atoms with Gasteiger partial charge in [-0.15, -0.1) is 0 Å². The van der Waals surface area contributed by atoms with Gasteiger partial charge in [0.25, 0.3) is 0 Å². The average molecular weight is 257 g/mol. The molecule has 98 valence electrons. The predicted molar refractivity (Wildman–Crippen MR) is 71.2 cm³/mol. The third-order valence-electron chi connectivity index (χ3n) is 2.72. The fraction of sp³-hybridized carbons (Fsp3) is 0.214. The van der Waals surface area contributed by atoms with Crippen LogP contribution in [0, 0.1) is 6.92 Å². The van der Waals surface area contributed by atoms with Gasteiger partial charge >= 0.3 is 5.97 Å². The summed E-state index contributed by atoms with van der Waals surface area (Å²) >= 11 is 0. The minimum Gasteiger partial charge on any atom is -0.455 e. The van der Waals surface area contributed by atoms with Gasteiger partial charge in [-0.1, -0.05) is 18.7 Å². The summed E-state index contributed by atoms with van der Waals surface area (Å²) in [6.45, 7) is 7.13. The monoisotopic (exact) mass is 257 g/mol. The molecule has 0 amide bonds. The molecule has 5 heteroatoms. The molecule has 0 radical (unpaired) electrons. The summed E-state index contributed by atoms with van der Waals surface area (Å²) in [6, 6.07) is 5.51. The summed E-state index contributed by atoms with van der Waals surface area (Å²) in [5.41, 5.74) is 1.12. The Hall–Kier alpha value is -2.43. The maximum atomic E-state index is 11.9. The zero-order valence-electron chi connectivity index (χ0n) is 10.9. The molecule has 1 atom stereocenters. The lowest BCUT2D eigenvalue weighted by Crippen LogP contribution is -2.13. The van der Waals surface area contributed by atoms with Gasteiger partial charge < -0.3 is 4.74 Å². The van der Waals surface area contributed by atoms with Gasteiger partial charge in [-0.25, -0.2) is 14.5 Å². The Bertz CT molecular complexity index is 590. The zero-order chi connectivity index (χ0) is 13.8. The van der Waals surface area contributed by atoms with Crippen molar-refractivity contribution in [1.82, 2.24) is 14.8 Å². The first-order valence-electron chi connectivity index (χ1n) is 5.93. The molecule has 0 aromatic carbocycles. The highest BCUT2D eigenvalue weighted by molar-refractivity contribution is 5.90. The van der Waals surface area contributed by atoms with E-state index in [4.69, 9.17) is 4.74 Å². The van der Waals surface area contributed by atoms with Crippen LogP contribution in [-0.2, 0) is 4.74 Å². The molecule has 0 spiro atoms. The summed E-state index contributed by atoms with van der Waals surface area (Å²) in [6.07, 6.45) is 4.40. The maximum Gasteiger partial charge on any atom is 0.342 e. The van der Waals surface area contributed by atoms with Crippen LogP contribution < -0.4 is 0 Å². The Balaban J connectivity index is 2.28. The normalized spacial score (nSPS) is 11.9. The van der Waals surface area contributed by atoms with E-state index in [0.717, 1.165) is 0 Å². The lowest BCUT2D eigenvalue weighted by atomic mass is 10.2. The number of esters is 1. The first kappa shape index (κ1) is 13.0. The van der Waals surface area contributed by atoms with E-state index in [9.17, 15) is 4.79 Å². The molecule has 5 nitrogen and oxygen atoms in total. The average Bonchev–Trinajstić information content (AvgIpc) is 2.81. The Morgan fingerprint density at radius 3 is 2.95 bits per heavy atom. The molecule has 2 rings (SSSR count). The highest BCUT2D eigenvalue weighted by Crippen LogP contribution is 2.14. The van der Waals surface area contributed by atoms with Crippen molar-refractivity contribution < 1.29 is 9.53 Å². The van der Waals surface area contributed by atoms with Gasteiger partial charge in [-0.05, 0) is 26.0 Å². The molecule has 19 heavy (non-hydrogen) atoms. The molecule has 0 saturated heterocycles. The van der Waals surface area contributed by atoms with Crippen LogP contribution in [0.1, 0.15) is 23.0 Å². The first-order chi connectivity index (χ1) is 9.13. The van der Waals surface area contributed by atoms with E-state index in [0.29, 0.717) is 17.1 Å². The number of carbonyl (C=O) groups is 1. The van der Waals surface area contributed by atoms with Crippen LogP contribution >= 0.6 is 0 Å². The van der Waals surface area contributed by atoms with E-state index in [1.165, 1.54) is 6.20 Å². The number of hydrogen-bond acceptors (Lipinski definition) is 4. The van der Waals surface area contributed by atoms with E-state index < -0.39 is 5.97 Å². The smallest absolute Gasteiger partial charge is 0.342 e. The second-order valence-electron chi connectivity index (χ2n) is 4.09. The van der Waals surface area contributed by atoms with Crippen LogP contribution in [0.4, 0.5) is 0 Å². The summed E-state index contributed by atoms with van der Waals surface area (Å²) in [5, 5.41) is 4.17. The third kappa shape index (κ3) is 2.70. The second-order valence-corrected chi connectivity index (χ2v) is 4.09. The zero-order valence-corrected chi connectivity index (χ0v) is 10.9. The van der Waals surface area contributed by atoms with Crippen molar-refractivity contribution in [3.8, 4) is 5.82 Å². The largest absolute Gasteiger partial charge is 0.455 e. The quantitative estimate of drug-likeness (QED) is 0.623. The lowest BCUT2D eigenvalue weighted by Gasteiger charge is -2.08. The molecule has 1 unspecified atom stereocenters. The maximum absolute atomic E-state index is 11.9. The van der Waals surface area contributed by atoms with Gasteiger partial charge in [0.05, 0.1) is 11.9 Å². The van der Waals surface area contributed by atoms with E-state index in [1.54, 1.807) is 30.8 Å². The van der Waals surface area contributed by atoms with Gasteiger partial charge in [0, 0.05) is 6.20 Å². The van der Waals surface area contributed by atoms with Crippen LogP contribution in [-0.4, -0.2) is 26.8 Å². The number of carbonyl (C=O) groups excluding carboxylic acids is 1. The number of nitrogens with zero attached hydrogens (tertiary/aromatic N) is 3. The Kier molecular flexibility index (Phi) is 3.75. The van der Waals surface area contributed by atoms with Crippen molar-refractivity contribution in [3.05, 3.63) is 54.5 Å². The molecule has 0 fully saturated rings. The first-order valence-corrected chi connectivity index (χ1v) is 5.93. The second kappa shape index (κ2) is 5.48. The van der Waals surface area contributed by atoms with Crippen molar-refractivity contribution in [3.63, 3.8) is 0 Å². The van der Waals surface area contributed by atoms with Crippen LogP contribution in [0.3, 0.4) is 0 Å². The molecule has 0 N–H and O–H groups in total. The minimum atomic E-state index is -0.410. The Labute approximate surface area is 111 Å². The number of hydrogen-bond donors (Lipinski definition) is 0. The van der Waals surface area contributed by atoms with Crippen molar-refractivity contribution in [2.24, 2.45) is 0 Å². The fourth-order valence-electron chi connectivity index (χ4n) is 1.60. The number of ether oxygens (including phenoxy) is 1. The topological polar surface area (TPSA) is 57.0 Å². The Morgan fingerprint density at radius 1 is 1.53 bits per heavy atom. The van der Waals surface area contributed by atoms with Gasteiger partial charge in [0.2, 0.25) is 0 Å². The molecular formula is C14H15N3O2. The van der Waals surface area contributed by atoms with E-state index in [-0.39, 0.29) is 6.10 Å². The van der Waals surface area contributed by atoms with Gasteiger partial charge in [-0.2, -0.15) is 5.10 Å². The SMILES string of the molecule is C=CC(C)OC(=O)c1cnn(-c2ccccn2)c1C. The number of rotatable bonds is 4. The fourth-order valence-corrected chi connectivity index (χ4v) is 1.60. The molecule has 2 heterocycles. The van der Waals surface area contributed by atoms with Crippen LogP contribution in [0.25, 0.3) is 5.82 Å². The minimum absolute atomic E-state index is 0.329. The molecule has 0 bridgehead atoms. The van der Waals surface area contributed by atoms with Crippen molar-refractivity contribution >= 4 is 5.97 Å². The van der Waals surface area contributed by atoms with Crippen LogP contribution in [0.2, 0.25) is 0 Å². The van der Waals surface area contributed by atoms with Crippen LogP contribution in [0.15, 0.2) is 43.2 Å². The van der Waals surface area contributed by atoms with Crippen LogP contribution in [0.5, 0.6) is 0 Å². The van der Waals surface area contributed by atoms with Crippen molar-refractivity contribution in [1.29, 1.82) is 0 Å². The van der Waals surface area contributed by atoms with Gasteiger partial charge in [0.1, 0.15) is 11.7 Å². The Morgan fingerprint density at radius 2 is 2.32 bits per heavy atom. The lowest BCUT2D eigenvalue weighted by molar-refractivity contribution is 0.0424. The molecular weight excluding hydrogens is 242 g/mol. The van der Waals surface area contributed by atoms with Crippen molar-refractivity contribution in [2.75, 3.05) is 0 Å². The third-order valence-corrected chi connectivity index (χ3v) is 2.72. The van der Waals surface area contributed by atoms with Gasteiger partial charge in [0.15, 0.2) is 5.82 Å². The summed E-state index contributed by atoms with van der Waals surface area (Å²) in [7, 11) is 0. The summed E-state index contributed by atoms with van der Waals surface area (Å²) < 4.78 is 6.79. The standard InChI is InChI=1S/C14H15N3O2/c1-4-10(2)19-14(18)12-9-16-17(11(12)3)13-7-5-6-8-15-13/h4-10H,1H2,2-3H3. The molecule has 2 aromatic rings. The molecule has 0 aliphatic heterocycles. The summed E-state index contributed by atoms with van der Waals surface area (Å²) in [5.74, 6) is 0.253. The summed E-state index contributed by atoms with van der Waals surface area (Å²) in [4.78, 5) is 16.1. The predicted octanol–water partition coefficient (Wildman–Crippen LogP) is 2.31. The van der Waals surface area contributed by atoms with Gasteiger partial charge in [-0.3, -0.25) is 0 Å². The van der Waals surface area contributed by atoms with E-state index in [2.05, 4.69) is 16.7 Å². The number of aromatic nitrogens is 3. The van der Waals surface area contributed by atoms with E-state index >= 15 is 0 Å². The highest BCUT2D eigenvalue weighted by atomic mass is 16.5. The molecule has 2 aromatic heterocycles. The highest BCUT2D eigenvalue weighted by Gasteiger charge is 2.18. The molecule has 0 aliphatic carbocycles. The van der Waals surface area contributed by atoms with Crippen molar-refractivity contribution in [2.45, 2.75) is 20.0 Å².